The molecular formula is C15H14N3O3S+. The summed E-state index contributed by atoms with van der Waals surface area (Å²) in [6.07, 6.45) is 5.24. The van der Waals surface area contributed by atoms with Crippen molar-refractivity contribution >= 4 is 34.8 Å². The Morgan fingerprint density at radius 1 is 1.36 bits per heavy atom. The number of nitrogens with one attached hydrogen (secondary N) is 1. The first-order valence-electron chi connectivity index (χ1n) is 6.65. The Balaban J connectivity index is 1.88. The highest BCUT2D eigenvalue weighted by Gasteiger charge is 2.43. The van der Waals surface area contributed by atoms with Crippen LogP contribution in [0.25, 0.3) is 0 Å². The number of amides is 3. The second-order valence-corrected chi connectivity index (χ2v) is 5.98. The van der Waals surface area contributed by atoms with Crippen molar-refractivity contribution in [1.29, 1.82) is 0 Å². The van der Waals surface area contributed by atoms with Crippen LogP contribution in [-0.2, 0) is 9.59 Å². The summed E-state index contributed by atoms with van der Waals surface area (Å²) < 4.78 is 1.35. The van der Waals surface area contributed by atoms with Crippen LogP contribution in [0.1, 0.15) is 9.67 Å². The Kier molecular flexibility index (Phi) is 3.50. The van der Waals surface area contributed by atoms with Gasteiger partial charge < -0.3 is 10.2 Å². The maximum atomic E-state index is 12.1. The lowest BCUT2D eigenvalue weighted by Crippen LogP contribution is -2.55. The van der Waals surface area contributed by atoms with Gasteiger partial charge in [-0.3, -0.25) is 9.59 Å². The fraction of sp³-hybridized carbons (Fsp3) is 0.200. The minimum atomic E-state index is -0.563. The Morgan fingerprint density at radius 3 is 2.82 bits per heavy atom. The maximum Gasteiger partial charge on any atom is 0.477 e. The molecule has 3 rings (SSSR count). The van der Waals surface area contributed by atoms with Crippen LogP contribution in [-0.4, -0.2) is 53.0 Å². The molecule has 0 fully saturated rings. The Labute approximate surface area is 131 Å². The molecule has 3 amide bonds. The standard InChI is InChI=1S/C15H13N3O3S/c1-17-10-6-5-9(16-13(19)12-4-3-7-22-12)8-11(10)18(2)15(21)14(17)20/h3-8,11H,1-2H3/p+1. The number of thiophene rings is 1. The van der Waals surface area contributed by atoms with Crippen LogP contribution >= 0.6 is 11.3 Å². The molecule has 1 aromatic rings. The van der Waals surface area contributed by atoms with Gasteiger partial charge in [0, 0.05) is 18.8 Å². The average Bonchev–Trinajstić information content (AvgIpc) is 3.05. The first-order chi connectivity index (χ1) is 10.5. The molecule has 2 aliphatic rings. The van der Waals surface area contributed by atoms with Gasteiger partial charge in [0.15, 0.2) is 0 Å². The number of hydrogen-bond acceptors (Lipinski definition) is 4. The SMILES string of the molecule is CN1C(=O)C(=O)[N+](C)=C2C=CC(NC(=O)c3cccs3)=CC21. The van der Waals surface area contributed by atoms with E-state index in [-0.39, 0.29) is 11.9 Å². The molecule has 6 nitrogen and oxygen atoms in total. The van der Waals surface area contributed by atoms with E-state index in [9.17, 15) is 14.4 Å². The highest BCUT2D eigenvalue weighted by atomic mass is 32.1. The fourth-order valence-corrected chi connectivity index (χ4v) is 3.05. The predicted octanol–water partition coefficient (Wildman–Crippen LogP) is 0.382. The van der Waals surface area contributed by atoms with E-state index in [2.05, 4.69) is 5.32 Å². The molecule has 0 saturated carbocycles. The number of hydrogen-bond donors (Lipinski definition) is 1. The molecule has 0 bridgehead atoms. The van der Waals surface area contributed by atoms with E-state index in [1.807, 2.05) is 11.4 Å². The third kappa shape index (κ3) is 2.29. The number of allylic oxidation sites excluding steroid dienone is 1. The summed E-state index contributed by atoms with van der Waals surface area (Å²) in [6, 6.07) is 3.19. The zero-order chi connectivity index (χ0) is 15.9. The molecule has 1 unspecified atom stereocenters. The molecule has 1 atom stereocenters. The first kappa shape index (κ1) is 14.4. The lowest BCUT2D eigenvalue weighted by Gasteiger charge is -2.28. The van der Waals surface area contributed by atoms with Gasteiger partial charge in [0.1, 0.15) is 13.1 Å². The van der Waals surface area contributed by atoms with Crippen molar-refractivity contribution in [2.45, 2.75) is 6.04 Å². The van der Waals surface area contributed by atoms with E-state index in [0.717, 1.165) is 0 Å². The van der Waals surface area contributed by atoms with Crippen LogP contribution in [0.5, 0.6) is 0 Å². The molecule has 22 heavy (non-hydrogen) atoms. The molecular weight excluding hydrogens is 302 g/mol. The summed E-state index contributed by atoms with van der Waals surface area (Å²) >= 11 is 1.36. The Bertz CT molecular complexity index is 759. The summed E-state index contributed by atoms with van der Waals surface area (Å²) in [4.78, 5) is 37.7. The monoisotopic (exact) mass is 316 g/mol. The van der Waals surface area contributed by atoms with Crippen LogP contribution < -0.4 is 5.32 Å². The van der Waals surface area contributed by atoms with Crippen LogP contribution in [0.4, 0.5) is 0 Å². The summed E-state index contributed by atoms with van der Waals surface area (Å²) in [5.74, 6) is -1.31. The van der Waals surface area contributed by atoms with E-state index < -0.39 is 11.8 Å². The molecule has 1 aliphatic carbocycles. The van der Waals surface area contributed by atoms with E-state index in [4.69, 9.17) is 0 Å². The number of likely N-dealkylation sites (N-methyl/N-ethyl adjacent to an activating group) is 2. The maximum absolute atomic E-state index is 12.1. The summed E-state index contributed by atoms with van der Waals surface area (Å²) in [5, 5.41) is 4.64. The second-order valence-electron chi connectivity index (χ2n) is 5.04. The minimum Gasteiger partial charge on any atom is -0.322 e. The Hall–Kier alpha value is -2.54. The minimum absolute atomic E-state index is 0.191. The van der Waals surface area contributed by atoms with E-state index in [1.165, 1.54) is 20.8 Å². The van der Waals surface area contributed by atoms with Crippen molar-refractivity contribution in [3.63, 3.8) is 0 Å². The summed E-state index contributed by atoms with van der Waals surface area (Å²) in [5.41, 5.74) is 1.32. The highest BCUT2D eigenvalue weighted by molar-refractivity contribution is 7.12. The molecule has 0 aromatic carbocycles. The number of carbonyl (C=O) groups is 3. The molecule has 0 radical (unpaired) electrons. The molecule has 0 saturated heterocycles. The van der Waals surface area contributed by atoms with Crippen LogP contribution in [0.2, 0.25) is 0 Å². The largest absolute Gasteiger partial charge is 0.477 e. The van der Waals surface area contributed by atoms with Gasteiger partial charge in [-0.05, 0) is 23.6 Å². The molecule has 1 N–H and O–H groups in total. The van der Waals surface area contributed by atoms with Crippen molar-refractivity contribution in [2.24, 2.45) is 0 Å². The lowest BCUT2D eigenvalue weighted by atomic mass is 10.00. The second kappa shape index (κ2) is 5.34. The smallest absolute Gasteiger partial charge is 0.322 e. The zero-order valence-electron chi connectivity index (χ0n) is 12.1. The van der Waals surface area contributed by atoms with Gasteiger partial charge in [0.2, 0.25) is 5.71 Å². The molecule has 2 heterocycles. The summed E-state index contributed by atoms with van der Waals surface area (Å²) in [7, 11) is 3.15. The van der Waals surface area contributed by atoms with Crippen molar-refractivity contribution in [3.05, 3.63) is 46.3 Å². The van der Waals surface area contributed by atoms with Crippen molar-refractivity contribution in [2.75, 3.05) is 14.1 Å². The quantitative estimate of drug-likeness (QED) is 0.633. The van der Waals surface area contributed by atoms with Gasteiger partial charge >= 0.3 is 11.8 Å². The van der Waals surface area contributed by atoms with Gasteiger partial charge in [-0.1, -0.05) is 6.07 Å². The van der Waals surface area contributed by atoms with E-state index in [1.54, 1.807) is 38.4 Å². The van der Waals surface area contributed by atoms with Crippen LogP contribution in [0.3, 0.4) is 0 Å². The molecule has 112 valence electrons. The van der Waals surface area contributed by atoms with Gasteiger partial charge in [0.25, 0.3) is 5.91 Å². The highest BCUT2D eigenvalue weighted by Crippen LogP contribution is 2.17. The van der Waals surface area contributed by atoms with Crippen molar-refractivity contribution in [1.82, 2.24) is 10.2 Å². The fourth-order valence-electron chi connectivity index (χ4n) is 2.43. The van der Waals surface area contributed by atoms with Gasteiger partial charge in [-0.2, -0.15) is 4.58 Å². The molecule has 1 aliphatic heterocycles. The normalized spacial score (nSPS) is 20.9. The van der Waals surface area contributed by atoms with E-state index >= 15 is 0 Å². The molecule has 0 spiro atoms. The van der Waals surface area contributed by atoms with Gasteiger partial charge in [-0.15, -0.1) is 11.3 Å². The zero-order valence-corrected chi connectivity index (χ0v) is 12.9. The lowest BCUT2D eigenvalue weighted by molar-refractivity contribution is -0.418. The van der Waals surface area contributed by atoms with Crippen molar-refractivity contribution < 1.29 is 19.0 Å². The van der Waals surface area contributed by atoms with Crippen LogP contribution in [0, 0.1) is 0 Å². The van der Waals surface area contributed by atoms with Crippen LogP contribution in [0.15, 0.2) is 41.4 Å². The topological polar surface area (TPSA) is 69.5 Å². The number of rotatable bonds is 2. The third-order valence-electron chi connectivity index (χ3n) is 3.69. The Morgan fingerprint density at radius 2 is 2.14 bits per heavy atom. The number of fused-ring (bicyclic) bond motifs is 1. The van der Waals surface area contributed by atoms with Gasteiger partial charge in [0.05, 0.1) is 4.88 Å². The summed E-state index contributed by atoms with van der Waals surface area (Å²) in [6.45, 7) is 0. The van der Waals surface area contributed by atoms with Crippen molar-refractivity contribution in [3.8, 4) is 0 Å². The number of carbonyl (C=O) groups excluding carboxylic acids is 3. The molecule has 7 heteroatoms. The van der Waals surface area contributed by atoms with E-state index in [0.29, 0.717) is 16.3 Å². The molecule has 1 aromatic heterocycles. The number of nitrogens with zero attached hydrogens (tertiary/aromatic N) is 2. The first-order valence-corrected chi connectivity index (χ1v) is 7.53. The third-order valence-corrected chi connectivity index (χ3v) is 4.56. The van der Waals surface area contributed by atoms with Gasteiger partial charge in [-0.25, -0.2) is 4.79 Å². The average molecular weight is 316 g/mol. The predicted molar refractivity (Wildman–Crippen MR) is 81.8 cm³/mol.